The van der Waals surface area contributed by atoms with E-state index in [1.54, 1.807) is 0 Å². The average Bonchev–Trinajstić information content (AvgIpc) is 2.54. The molecule has 2 aliphatic carbocycles. The van der Waals surface area contributed by atoms with Gasteiger partial charge in [0.2, 0.25) is 0 Å². The monoisotopic (exact) mass is 207 g/mol. The van der Waals surface area contributed by atoms with E-state index in [1.807, 2.05) is 0 Å². The Bertz CT molecular complexity index is 237. The van der Waals surface area contributed by atoms with Crippen molar-refractivity contribution in [2.45, 2.75) is 64.0 Å². The van der Waals surface area contributed by atoms with E-state index in [-0.39, 0.29) is 0 Å². The molecule has 15 heavy (non-hydrogen) atoms. The number of likely N-dealkylation sites (tertiary alicyclic amines) is 1. The van der Waals surface area contributed by atoms with E-state index < -0.39 is 0 Å². The maximum Gasteiger partial charge on any atom is 0.0127 e. The fraction of sp³-hybridized carbons (Fsp3) is 1.00. The van der Waals surface area contributed by atoms with E-state index in [4.69, 9.17) is 0 Å². The van der Waals surface area contributed by atoms with Crippen LogP contribution in [0, 0.1) is 17.8 Å². The molecule has 1 heteroatoms. The summed E-state index contributed by atoms with van der Waals surface area (Å²) in [7, 11) is 2.41. The number of rotatable bonds is 0. The highest BCUT2D eigenvalue weighted by Gasteiger charge is 2.48. The van der Waals surface area contributed by atoms with E-state index in [2.05, 4.69) is 18.9 Å². The molecule has 0 aromatic heterocycles. The summed E-state index contributed by atoms with van der Waals surface area (Å²) in [5.74, 6) is 3.13. The van der Waals surface area contributed by atoms with Gasteiger partial charge in [-0.05, 0) is 56.9 Å². The van der Waals surface area contributed by atoms with Gasteiger partial charge in [-0.2, -0.15) is 0 Å². The Morgan fingerprint density at radius 2 is 1.60 bits per heavy atom. The van der Waals surface area contributed by atoms with Crippen molar-refractivity contribution in [2.75, 3.05) is 7.05 Å². The summed E-state index contributed by atoms with van der Waals surface area (Å²) >= 11 is 0. The highest BCUT2D eigenvalue weighted by molar-refractivity contribution is 5.02. The van der Waals surface area contributed by atoms with Crippen molar-refractivity contribution in [3.05, 3.63) is 0 Å². The minimum Gasteiger partial charge on any atom is -0.300 e. The molecule has 3 fully saturated rings. The third-order valence-corrected chi connectivity index (χ3v) is 5.50. The van der Waals surface area contributed by atoms with E-state index in [9.17, 15) is 0 Å². The Balaban J connectivity index is 1.81. The van der Waals surface area contributed by atoms with Gasteiger partial charge < -0.3 is 0 Å². The Hall–Kier alpha value is -0.0400. The van der Waals surface area contributed by atoms with Crippen LogP contribution in [0.2, 0.25) is 0 Å². The van der Waals surface area contributed by atoms with Gasteiger partial charge in [0.25, 0.3) is 0 Å². The van der Waals surface area contributed by atoms with Gasteiger partial charge >= 0.3 is 0 Å². The smallest absolute Gasteiger partial charge is 0.0127 e. The maximum absolute atomic E-state index is 2.76. The molecule has 0 aromatic rings. The van der Waals surface area contributed by atoms with Crippen LogP contribution in [0.5, 0.6) is 0 Å². The van der Waals surface area contributed by atoms with Gasteiger partial charge in [0.05, 0.1) is 0 Å². The number of nitrogens with zero attached hydrogens (tertiary/aromatic N) is 1. The molecule has 5 unspecified atom stereocenters. The second-order valence-electron chi connectivity index (χ2n) is 6.33. The van der Waals surface area contributed by atoms with Crippen LogP contribution in [0.4, 0.5) is 0 Å². The van der Waals surface area contributed by atoms with Crippen LogP contribution >= 0.6 is 0 Å². The standard InChI is InChI=1S/C14H25N/c1-10-7-8-14-12(9-10)11-5-3-4-6-13(11)15(14)2/h10-14H,3-9H2,1-2H3. The summed E-state index contributed by atoms with van der Waals surface area (Å²) in [5.41, 5.74) is 0. The Labute approximate surface area is 94.2 Å². The summed E-state index contributed by atoms with van der Waals surface area (Å²) in [4.78, 5) is 2.76. The van der Waals surface area contributed by atoms with Crippen molar-refractivity contribution in [2.24, 2.45) is 17.8 Å². The van der Waals surface area contributed by atoms with Crippen molar-refractivity contribution in [1.29, 1.82) is 0 Å². The molecule has 0 radical (unpaired) electrons. The molecular weight excluding hydrogens is 182 g/mol. The van der Waals surface area contributed by atoms with E-state index >= 15 is 0 Å². The summed E-state index contributed by atoms with van der Waals surface area (Å²) in [5, 5.41) is 0. The molecule has 0 aromatic carbocycles. The molecule has 0 bridgehead atoms. The fourth-order valence-electron chi connectivity index (χ4n) is 4.77. The molecule has 1 heterocycles. The largest absolute Gasteiger partial charge is 0.300 e. The molecule has 2 saturated carbocycles. The summed E-state index contributed by atoms with van der Waals surface area (Å²) in [6, 6.07) is 1.91. The van der Waals surface area contributed by atoms with Crippen molar-refractivity contribution in [3.8, 4) is 0 Å². The third-order valence-electron chi connectivity index (χ3n) is 5.50. The lowest BCUT2D eigenvalue weighted by Crippen LogP contribution is -2.36. The van der Waals surface area contributed by atoms with Crippen LogP contribution < -0.4 is 0 Å². The number of hydrogen-bond acceptors (Lipinski definition) is 1. The highest BCUT2D eigenvalue weighted by Crippen LogP contribution is 2.49. The zero-order valence-corrected chi connectivity index (χ0v) is 10.3. The summed E-state index contributed by atoms with van der Waals surface area (Å²) < 4.78 is 0. The van der Waals surface area contributed by atoms with Gasteiger partial charge in [-0.1, -0.05) is 19.8 Å². The topological polar surface area (TPSA) is 3.24 Å². The lowest BCUT2D eigenvalue weighted by Gasteiger charge is -2.34. The van der Waals surface area contributed by atoms with E-state index in [0.29, 0.717) is 0 Å². The van der Waals surface area contributed by atoms with Crippen molar-refractivity contribution in [3.63, 3.8) is 0 Å². The first kappa shape index (κ1) is 10.1. The second kappa shape index (κ2) is 3.76. The van der Waals surface area contributed by atoms with Crippen LogP contribution in [-0.2, 0) is 0 Å². The molecule has 1 saturated heterocycles. The normalized spacial score (nSPS) is 51.2. The number of hydrogen-bond donors (Lipinski definition) is 0. The Morgan fingerprint density at radius 1 is 0.867 bits per heavy atom. The average molecular weight is 207 g/mol. The molecule has 0 amide bonds. The maximum atomic E-state index is 2.76. The van der Waals surface area contributed by atoms with Gasteiger partial charge in [0.1, 0.15) is 0 Å². The van der Waals surface area contributed by atoms with Crippen LogP contribution in [0.1, 0.15) is 51.9 Å². The second-order valence-corrected chi connectivity index (χ2v) is 6.33. The highest BCUT2D eigenvalue weighted by atomic mass is 15.2. The Kier molecular flexibility index (Phi) is 2.54. The molecule has 0 N–H and O–H groups in total. The van der Waals surface area contributed by atoms with Gasteiger partial charge in [-0.25, -0.2) is 0 Å². The summed E-state index contributed by atoms with van der Waals surface area (Å²) in [6.07, 6.45) is 10.5. The first-order valence-corrected chi connectivity index (χ1v) is 6.99. The molecular formula is C14H25N. The first-order chi connectivity index (χ1) is 7.27. The van der Waals surface area contributed by atoms with Crippen LogP contribution in [0.25, 0.3) is 0 Å². The van der Waals surface area contributed by atoms with E-state index in [0.717, 1.165) is 29.8 Å². The van der Waals surface area contributed by atoms with Crippen LogP contribution in [0.15, 0.2) is 0 Å². The van der Waals surface area contributed by atoms with Gasteiger partial charge in [0.15, 0.2) is 0 Å². The lowest BCUT2D eigenvalue weighted by molar-refractivity contribution is 0.160. The van der Waals surface area contributed by atoms with Crippen LogP contribution in [0.3, 0.4) is 0 Å². The van der Waals surface area contributed by atoms with E-state index in [1.165, 1.54) is 44.9 Å². The predicted molar refractivity (Wildman–Crippen MR) is 63.8 cm³/mol. The van der Waals surface area contributed by atoms with Gasteiger partial charge in [-0.3, -0.25) is 4.90 Å². The molecule has 3 aliphatic rings. The minimum absolute atomic E-state index is 0.953. The van der Waals surface area contributed by atoms with Crippen molar-refractivity contribution < 1.29 is 0 Å². The molecule has 5 atom stereocenters. The molecule has 1 nitrogen and oxygen atoms in total. The zero-order valence-electron chi connectivity index (χ0n) is 10.3. The molecule has 1 aliphatic heterocycles. The lowest BCUT2D eigenvalue weighted by atomic mass is 9.71. The fourth-order valence-corrected chi connectivity index (χ4v) is 4.77. The minimum atomic E-state index is 0.953. The summed E-state index contributed by atoms with van der Waals surface area (Å²) in [6.45, 7) is 2.46. The Morgan fingerprint density at radius 3 is 2.47 bits per heavy atom. The van der Waals surface area contributed by atoms with Crippen molar-refractivity contribution in [1.82, 2.24) is 4.90 Å². The van der Waals surface area contributed by atoms with Crippen LogP contribution in [-0.4, -0.2) is 24.0 Å². The van der Waals surface area contributed by atoms with Crippen molar-refractivity contribution >= 4 is 0 Å². The number of fused-ring (bicyclic) bond motifs is 3. The van der Waals surface area contributed by atoms with Gasteiger partial charge in [0, 0.05) is 12.1 Å². The van der Waals surface area contributed by atoms with Gasteiger partial charge in [-0.15, -0.1) is 0 Å². The molecule has 0 spiro atoms. The zero-order chi connectivity index (χ0) is 10.4. The SMILES string of the molecule is CC1CCC2C(C1)C1CCCCC1N2C. The quantitative estimate of drug-likeness (QED) is 0.589. The third kappa shape index (κ3) is 1.54. The molecule has 86 valence electrons. The first-order valence-electron chi connectivity index (χ1n) is 6.99. The predicted octanol–water partition coefficient (Wildman–Crippen LogP) is 3.30. The molecule has 3 rings (SSSR count).